The van der Waals surface area contributed by atoms with E-state index in [-0.39, 0.29) is 23.8 Å². The second-order valence-corrected chi connectivity index (χ2v) is 4.85. The molecule has 0 saturated carbocycles. The monoisotopic (exact) mass is 320 g/mol. The molecule has 1 aromatic heterocycles. The Kier molecular flexibility index (Phi) is 5.49. The zero-order valence-corrected chi connectivity index (χ0v) is 12.4. The molecule has 0 aliphatic rings. The maximum atomic E-state index is 13.7. The Morgan fingerprint density at radius 1 is 1.45 bits per heavy atom. The lowest BCUT2D eigenvalue weighted by Gasteiger charge is -2.06. The number of nitrogens with zero attached hydrogens (tertiary/aromatic N) is 1. The number of fused-ring (bicyclic) bond motifs is 1. The van der Waals surface area contributed by atoms with Gasteiger partial charge in [0.15, 0.2) is 11.6 Å². The number of imidazole rings is 1. The van der Waals surface area contributed by atoms with Gasteiger partial charge >= 0.3 is 0 Å². The van der Waals surface area contributed by atoms with Crippen LogP contribution in [0.5, 0.6) is 0 Å². The van der Waals surface area contributed by atoms with Crippen LogP contribution in [0.4, 0.5) is 4.39 Å². The molecular formula is C16H14ClFN2O2. The van der Waals surface area contributed by atoms with Crippen molar-refractivity contribution in [1.82, 2.24) is 9.97 Å². The van der Waals surface area contributed by atoms with Crippen molar-refractivity contribution in [3.63, 3.8) is 0 Å². The lowest BCUT2D eigenvalue weighted by Crippen LogP contribution is -1.96. The number of aromatic amines is 1. The highest BCUT2D eigenvalue weighted by molar-refractivity contribution is 6.30. The number of para-hydroxylation sites is 2. The summed E-state index contributed by atoms with van der Waals surface area (Å²) in [5.41, 5.74) is 1.66. The largest absolute Gasteiger partial charge is 0.483 e. The van der Waals surface area contributed by atoms with Crippen LogP contribution in [0.15, 0.2) is 59.6 Å². The summed E-state index contributed by atoms with van der Waals surface area (Å²) < 4.78 is 19.1. The van der Waals surface area contributed by atoms with Crippen molar-refractivity contribution in [2.75, 3.05) is 0 Å². The molecule has 0 radical (unpaired) electrons. The third-order valence-electron chi connectivity index (χ3n) is 2.78. The van der Waals surface area contributed by atoms with Crippen LogP contribution in [0, 0.1) is 0 Å². The van der Waals surface area contributed by atoms with E-state index in [4.69, 9.17) is 16.3 Å². The zero-order chi connectivity index (χ0) is 15.9. The molecule has 2 rings (SSSR count). The highest BCUT2D eigenvalue weighted by Crippen LogP contribution is 2.18. The summed E-state index contributed by atoms with van der Waals surface area (Å²) in [5, 5.41) is 0.173. The van der Waals surface area contributed by atoms with Gasteiger partial charge in [0.05, 0.1) is 11.0 Å². The van der Waals surface area contributed by atoms with Crippen LogP contribution in [0.1, 0.15) is 12.2 Å². The van der Waals surface area contributed by atoms with E-state index >= 15 is 0 Å². The fraction of sp³-hybridized carbons (Fsp3) is 0.125. The van der Waals surface area contributed by atoms with E-state index in [1.807, 2.05) is 24.3 Å². The average Bonchev–Trinajstić information content (AvgIpc) is 2.93. The van der Waals surface area contributed by atoms with E-state index in [9.17, 15) is 9.18 Å². The summed E-state index contributed by atoms with van der Waals surface area (Å²) in [4.78, 5) is 17.8. The van der Waals surface area contributed by atoms with Crippen LogP contribution in [0.3, 0.4) is 0 Å². The molecule has 1 heterocycles. The van der Waals surface area contributed by atoms with E-state index in [1.165, 1.54) is 6.08 Å². The van der Waals surface area contributed by atoms with Gasteiger partial charge in [0.2, 0.25) is 0 Å². The van der Waals surface area contributed by atoms with Gasteiger partial charge < -0.3 is 14.5 Å². The van der Waals surface area contributed by atoms with Gasteiger partial charge in [0, 0.05) is 11.5 Å². The first-order valence-electron chi connectivity index (χ1n) is 6.52. The number of nitrogens with one attached hydrogen (secondary N) is 1. The second kappa shape index (κ2) is 7.56. The molecule has 1 aromatic carbocycles. The number of halogens is 2. The normalized spacial score (nSPS) is 12.9. The lowest BCUT2D eigenvalue weighted by molar-refractivity contribution is -0.107. The summed E-state index contributed by atoms with van der Waals surface area (Å²) in [5.74, 6) is -0.210. The number of hydrogen-bond acceptors (Lipinski definition) is 3. The maximum Gasteiger partial charge on any atom is 0.164 e. The smallest absolute Gasteiger partial charge is 0.164 e. The van der Waals surface area contributed by atoms with Gasteiger partial charge in [-0.3, -0.25) is 0 Å². The first-order valence-corrected chi connectivity index (χ1v) is 6.90. The molecule has 0 amide bonds. The molecule has 0 bridgehead atoms. The van der Waals surface area contributed by atoms with Crippen LogP contribution in [0.25, 0.3) is 11.0 Å². The number of H-pyrrole nitrogens is 1. The Morgan fingerprint density at radius 2 is 2.23 bits per heavy atom. The van der Waals surface area contributed by atoms with Gasteiger partial charge in [0.25, 0.3) is 0 Å². The quantitative estimate of drug-likeness (QED) is 0.473. The van der Waals surface area contributed by atoms with Crippen LogP contribution >= 0.6 is 11.6 Å². The Bertz CT molecular complexity index is 716. The van der Waals surface area contributed by atoms with Crippen LogP contribution < -0.4 is 0 Å². The van der Waals surface area contributed by atoms with Crippen LogP contribution in [-0.2, 0) is 16.1 Å². The fourth-order valence-corrected chi connectivity index (χ4v) is 1.94. The molecule has 0 atom stereocenters. The number of aldehydes is 1. The van der Waals surface area contributed by atoms with Crippen molar-refractivity contribution in [3.05, 3.63) is 65.4 Å². The molecule has 1 N–H and O–H groups in total. The average molecular weight is 321 g/mol. The first-order chi connectivity index (χ1) is 10.6. The number of aromatic nitrogens is 2. The molecule has 0 aliphatic carbocycles. The predicted octanol–water partition coefficient (Wildman–Crippen LogP) is 4.16. The molecule has 0 saturated heterocycles. The molecule has 0 aliphatic heterocycles. The van der Waals surface area contributed by atoms with E-state index < -0.39 is 5.83 Å². The Morgan fingerprint density at radius 3 is 2.91 bits per heavy atom. The van der Waals surface area contributed by atoms with Gasteiger partial charge in [-0.1, -0.05) is 30.3 Å². The van der Waals surface area contributed by atoms with Crippen molar-refractivity contribution < 1.29 is 13.9 Å². The van der Waals surface area contributed by atoms with Crippen molar-refractivity contribution >= 4 is 28.9 Å². The fourth-order valence-electron chi connectivity index (χ4n) is 1.78. The summed E-state index contributed by atoms with van der Waals surface area (Å²) in [7, 11) is 0. The molecule has 4 nitrogen and oxygen atoms in total. The second-order valence-electron chi connectivity index (χ2n) is 4.37. The number of rotatable bonds is 7. The minimum absolute atomic E-state index is 0.0104. The van der Waals surface area contributed by atoms with Crippen molar-refractivity contribution in [2.45, 2.75) is 13.0 Å². The van der Waals surface area contributed by atoms with E-state index in [1.54, 1.807) is 0 Å². The summed E-state index contributed by atoms with van der Waals surface area (Å²) in [6, 6.07) is 7.50. The van der Waals surface area contributed by atoms with Crippen LogP contribution in [0.2, 0.25) is 0 Å². The number of benzene rings is 1. The third kappa shape index (κ3) is 4.05. The molecular weight excluding hydrogens is 307 g/mol. The third-order valence-corrected chi connectivity index (χ3v) is 3.05. The Balaban J connectivity index is 2.16. The highest BCUT2D eigenvalue weighted by atomic mass is 35.5. The number of allylic oxidation sites excluding steroid dienone is 4. The van der Waals surface area contributed by atoms with Crippen molar-refractivity contribution in [2.24, 2.45) is 0 Å². The van der Waals surface area contributed by atoms with E-state index in [0.717, 1.165) is 17.1 Å². The number of ether oxygens (including phenoxy) is 1. The lowest BCUT2D eigenvalue weighted by atomic mass is 10.3. The SMILES string of the molecule is C=C/C(F)=C(\C=C(\Cl)CC=O)OCc1nc2ccccc2[nH]1. The van der Waals surface area contributed by atoms with E-state index in [2.05, 4.69) is 16.5 Å². The molecule has 0 unspecified atom stereocenters. The standard InChI is InChI=1S/C16H14ClFN2O2/c1-2-12(18)15(9-11(17)7-8-21)22-10-16-19-13-5-3-4-6-14(13)20-16/h2-6,8-9H,1,7,10H2,(H,19,20)/b11-9+,15-12-. The van der Waals surface area contributed by atoms with Gasteiger partial charge in [-0.25, -0.2) is 9.37 Å². The minimum Gasteiger partial charge on any atom is -0.483 e. The van der Waals surface area contributed by atoms with Crippen LogP contribution in [-0.4, -0.2) is 16.3 Å². The van der Waals surface area contributed by atoms with Gasteiger partial charge in [0.1, 0.15) is 18.7 Å². The van der Waals surface area contributed by atoms with Crippen molar-refractivity contribution in [1.29, 1.82) is 0 Å². The summed E-state index contributed by atoms with van der Waals surface area (Å²) in [6.07, 6.45) is 2.89. The molecule has 2 aromatic rings. The highest BCUT2D eigenvalue weighted by Gasteiger charge is 2.07. The number of carbonyl (C=O) groups excluding carboxylic acids is 1. The zero-order valence-electron chi connectivity index (χ0n) is 11.7. The van der Waals surface area contributed by atoms with E-state index in [0.29, 0.717) is 12.1 Å². The molecule has 0 fully saturated rings. The molecule has 22 heavy (non-hydrogen) atoms. The minimum atomic E-state index is -0.667. The van der Waals surface area contributed by atoms with Gasteiger partial charge in [-0.15, -0.1) is 0 Å². The van der Waals surface area contributed by atoms with Gasteiger partial charge in [-0.2, -0.15) is 0 Å². The number of hydrogen-bond donors (Lipinski definition) is 1. The topological polar surface area (TPSA) is 55.0 Å². The van der Waals surface area contributed by atoms with Gasteiger partial charge in [-0.05, 0) is 24.3 Å². The Hall–Kier alpha value is -2.40. The first kappa shape index (κ1) is 16.0. The Labute approximate surface area is 132 Å². The number of carbonyl (C=O) groups is 1. The summed E-state index contributed by atoms with van der Waals surface area (Å²) >= 11 is 5.81. The maximum absolute atomic E-state index is 13.7. The molecule has 0 spiro atoms. The summed E-state index contributed by atoms with van der Waals surface area (Å²) in [6.45, 7) is 3.38. The molecule has 6 heteroatoms. The van der Waals surface area contributed by atoms with Crippen molar-refractivity contribution in [3.8, 4) is 0 Å². The predicted molar refractivity (Wildman–Crippen MR) is 83.8 cm³/mol. The molecule has 114 valence electrons.